The number of hydrogen-bond donors (Lipinski definition) is 0. The van der Waals surface area contributed by atoms with E-state index < -0.39 is 0 Å². The number of para-hydroxylation sites is 3. The number of nitrogens with zero attached hydrogens (tertiary/aromatic N) is 4. The highest BCUT2D eigenvalue weighted by Gasteiger charge is 2.18. The van der Waals surface area contributed by atoms with E-state index in [0.717, 1.165) is 55.9 Å². The summed E-state index contributed by atoms with van der Waals surface area (Å²) in [5.41, 5.74) is 11.5. The number of pyridine rings is 1. The van der Waals surface area contributed by atoms with Gasteiger partial charge in [0.25, 0.3) is 0 Å². The minimum absolute atomic E-state index is 0.700. The average molecular weight is 707 g/mol. The first-order valence-electron chi connectivity index (χ1n) is 18.1. The third-order valence-corrected chi connectivity index (χ3v) is 11.6. The van der Waals surface area contributed by atoms with Crippen LogP contribution >= 0.6 is 11.3 Å². The Kier molecular flexibility index (Phi) is 7.00. The molecular formula is C49H30N4S. The Morgan fingerprint density at radius 3 is 1.69 bits per heavy atom. The topological polar surface area (TPSA) is 43.6 Å². The summed E-state index contributed by atoms with van der Waals surface area (Å²) in [6.45, 7) is 0. The SMILES string of the molecule is c1ccc(-c2nc(-c3ccc(-n4c5ccccc5c5ccccc54)cc3)cc(-c3ccc4sc5c(-c6ccccc6)nc6ccccc6c5c4c3)n2)cc1. The van der Waals surface area contributed by atoms with Crippen molar-refractivity contribution in [2.24, 2.45) is 0 Å². The molecule has 4 nitrogen and oxygen atoms in total. The van der Waals surface area contributed by atoms with E-state index in [1.54, 1.807) is 11.3 Å². The van der Waals surface area contributed by atoms with Crippen molar-refractivity contribution in [2.45, 2.75) is 0 Å². The molecule has 0 saturated carbocycles. The van der Waals surface area contributed by atoms with Crippen molar-refractivity contribution in [3.05, 3.63) is 182 Å². The zero-order chi connectivity index (χ0) is 35.6. The minimum atomic E-state index is 0.700. The maximum Gasteiger partial charge on any atom is 0.160 e. The van der Waals surface area contributed by atoms with Gasteiger partial charge in [0.1, 0.15) is 0 Å². The quantitative estimate of drug-likeness (QED) is 0.179. The molecule has 0 aliphatic rings. The van der Waals surface area contributed by atoms with Crippen LogP contribution in [0.15, 0.2) is 182 Å². The van der Waals surface area contributed by atoms with Crippen molar-refractivity contribution in [3.63, 3.8) is 0 Å². The van der Waals surface area contributed by atoms with Gasteiger partial charge in [0.15, 0.2) is 5.82 Å². The second kappa shape index (κ2) is 12.3. The normalized spacial score (nSPS) is 11.7. The van der Waals surface area contributed by atoms with Crippen molar-refractivity contribution >= 4 is 64.2 Å². The van der Waals surface area contributed by atoms with Gasteiger partial charge in [-0.2, -0.15) is 0 Å². The van der Waals surface area contributed by atoms with Crippen LogP contribution in [-0.2, 0) is 0 Å². The van der Waals surface area contributed by atoms with E-state index in [9.17, 15) is 0 Å². The fraction of sp³-hybridized carbons (Fsp3) is 0. The van der Waals surface area contributed by atoms with Crippen LogP contribution in [0, 0.1) is 0 Å². The smallest absolute Gasteiger partial charge is 0.160 e. The van der Waals surface area contributed by atoms with Gasteiger partial charge in [0.05, 0.1) is 38.3 Å². The van der Waals surface area contributed by atoms with Crippen LogP contribution in [0.3, 0.4) is 0 Å². The zero-order valence-electron chi connectivity index (χ0n) is 29.0. The van der Waals surface area contributed by atoms with Crippen molar-refractivity contribution < 1.29 is 0 Å². The number of hydrogen-bond acceptors (Lipinski definition) is 4. The monoisotopic (exact) mass is 706 g/mol. The highest BCUT2D eigenvalue weighted by atomic mass is 32.1. The van der Waals surface area contributed by atoms with Gasteiger partial charge in [-0.3, -0.25) is 0 Å². The molecule has 252 valence electrons. The van der Waals surface area contributed by atoms with E-state index in [2.05, 4.69) is 168 Å². The molecule has 7 aromatic carbocycles. The van der Waals surface area contributed by atoms with Crippen LogP contribution in [0.2, 0.25) is 0 Å². The van der Waals surface area contributed by atoms with Gasteiger partial charge in [0, 0.05) is 59.6 Å². The fourth-order valence-corrected chi connectivity index (χ4v) is 9.09. The molecule has 0 bridgehead atoms. The molecular weight excluding hydrogens is 677 g/mol. The van der Waals surface area contributed by atoms with E-state index in [-0.39, 0.29) is 0 Å². The second-order valence-electron chi connectivity index (χ2n) is 13.6. The Hall–Kier alpha value is -6.95. The van der Waals surface area contributed by atoms with E-state index in [0.29, 0.717) is 5.82 Å². The molecule has 4 aromatic heterocycles. The van der Waals surface area contributed by atoms with Crippen molar-refractivity contribution in [1.82, 2.24) is 19.5 Å². The first-order chi connectivity index (χ1) is 26.8. The molecule has 4 heterocycles. The molecule has 0 atom stereocenters. The predicted molar refractivity (Wildman–Crippen MR) is 226 cm³/mol. The lowest BCUT2D eigenvalue weighted by atomic mass is 10.0. The van der Waals surface area contributed by atoms with Crippen LogP contribution < -0.4 is 0 Å². The maximum atomic E-state index is 5.20. The molecule has 0 aliphatic carbocycles. The third-order valence-electron chi connectivity index (χ3n) is 10.4. The summed E-state index contributed by atoms with van der Waals surface area (Å²) in [5.74, 6) is 0.700. The number of aromatic nitrogens is 4. The largest absolute Gasteiger partial charge is 0.309 e. The van der Waals surface area contributed by atoms with Crippen LogP contribution in [0.25, 0.3) is 104 Å². The first kappa shape index (κ1) is 30.7. The molecule has 11 rings (SSSR count). The van der Waals surface area contributed by atoms with Crippen LogP contribution in [-0.4, -0.2) is 19.5 Å². The lowest BCUT2D eigenvalue weighted by Gasteiger charge is -2.12. The Bertz CT molecular complexity index is 3150. The molecule has 11 aromatic rings. The van der Waals surface area contributed by atoms with Crippen LogP contribution in [0.5, 0.6) is 0 Å². The Morgan fingerprint density at radius 1 is 0.407 bits per heavy atom. The summed E-state index contributed by atoms with van der Waals surface area (Å²) < 4.78 is 4.77. The number of benzene rings is 7. The fourth-order valence-electron chi connectivity index (χ4n) is 7.88. The number of rotatable bonds is 5. The van der Waals surface area contributed by atoms with Gasteiger partial charge < -0.3 is 4.57 Å². The number of thiophene rings is 1. The second-order valence-corrected chi connectivity index (χ2v) is 14.7. The summed E-state index contributed by atoms with van der Waals surface area (Å²) in [6, 6.07) is 64.1. The average Bonchev–Trinajstić information content (AvgIpc) is 3.80. The Balaban J connectivity index is 1.08. The lowest BCUT2D eigenvalue weighted by Crippen LogP contribution is -1.97. The molecule has 54 heavy (non-hydrogen) atoms. The molecule has 0 amide bonds. The van der Waals surface area contributed by atoms with Crippen LogP contribution in [0.1, 0.15) is 0 Å². The molecule has 0 saturated heterocycles. The zero-order valence-corrected chi connectivity index (χ0v) is 29.8. The van der Waals surface area contributed by atoms with E-state index in [4.69, 9.17) is 15.0 Å². The van der Waals surface area contributed by atoms with E-state index in [1.807, 2.05) is 18.2 Å². The van der Waals surface area contributed by atoms with Gasteiger partial charge in [-0.15, -0.1) is 11.3 Å². The molecule has 0 fully saturated rings. The highest BCUT2D eigenvalue weighted by Crippen LogP contribution is 2.44. The maximum absolute atomic E-state index is 5.20. The van der Waals surface area contributed by atoms with Crippen molar-refractivity contribution in [2.75, 3.05) is 0 Å². The summed E-state index contributed by atoms with van der Waals surface area (Å²) in [4.78, 5) is 15.5. The van der Waals surface area contributed by atoms with Gasteiger partial charge in [0.2, 0.25) is 0 Å². The highest BCUT2D eigenvalue weighted by molar-refractivity contribution is 7.26. The molecule has 0 unspecified atom stereocenters. The standard InChI is InChI=1S/C49H30N4S/c1-3-13-32(14-4-1)47-48-46(38-19-7-10-20-40(38)50-47)39-29-34(25-28-45(39)54-48)42-30-41(51-49(52-42)33-15-5-2-6-16-33)31-23-26-35(27-24-31)53-43-21-11-8-17-36(43)37-18-9-12-22-44(37)53/h1-30H. The summed E-state index contributed by atoms with van der Waals surface area (Å²) in [6.07, 6.45) is 0. The number of fused-ring (bicyclic) bond motifs is 8. The summed E-state index contributed by atoms with van der Waals surface area (Å²) >= 11 is 1.81. The van der Waals surface area contributed by atoms with Gasteiger partial charge in [-0.1, -0.05) is 133 Å². The van der Waals surface area contributed by atoms with E-state index in [1.165, 1.54) is 42.0 Å². The third kappa shape index (κ3) is 4.94. The summed E-state index contributed by atoms with van der Waals surface area (Å²) in [5, 5.41) is 6.11. The van der Waals surface area contributed by atoms with Crippen molar-refractivity contribution in [3.8, 4) is 50.8 Å². The first-order valence-corrected chi connectivity index (χ1v) is 18.9. The molecule has 5 heteroatoms. The van der Waals surface area contributed by atoms with Crippen molar-refractivity contribution in [1.29, 1.82) is 0 Å². The molecule has 0 spiro atoms. The molecule has 0 N–H and O–H groups in total. The Morgan fingerprint density at radius 2 is 0.981 bits per heavy atom. The lowest BCUT2D eigenvalue weighted by molar-refractivity contribution is 1.17. The molecule has 0 radical (unpaired) electrons. The van der Waals surface area contributed by atoms with Gasteiger partial charge >= 0.3 is 0 Å². The predicted octanol–water partition coefficient (Wildman–Crippen LogP) is 13.2. The van der Waals surface area contributed by atoms with E-state index >= 15 is 0 Å². The molecule has 0 aliphatic heterocycles. The van der Waals surface area contributed by atoms with Gasteiger partial charge in [-0.25, -0.2) is 15.0 Å². The van der Waals surface area contributed by atoms with Gasteiger partial charge in [-0.05, 0) is 48.5 Å². The minimum Gasteiger partial charge on any atom is -0.309 e. The van der Waals surface area contributed by atoms with Crippen LogP contribution in [0.4, 0.5) is 0 Å². The summed E-state index contributed by atoms with van der Waals surface area (Å²) in [7, 11) is 0. The Labute approximate surface area is 315 Å².